The second-order valence-corrected chi connectivity index (χ2v) is 10.4. The number of hydrogen-bond acceptors (Lipinski definition) is 12. The number of ether oxygens (including phenoxy) is 5. The standard InChI is InChI=1S/C23H28O12/c1-20-8-22(30)13-6-23(20,33-18-16(28)15(27)14(26)12(7-24)32-18)21(13,19(34-20)35-22)9-31-17(29)10-2-4-11(25)5-3-10/h2-5,12-16,18-19,24-28,30H,6-9H2,1H3/t12?,13?,14?,15?,16?,18?,19?,20-,21-,22+,23-/m0/s1. The molecule has 4 saturated heterocycles. The van der Waals surface area contributed by atoms with Gasteiger partial charge in [-0.05, 0) is 37.6 Å². The van der Waals surface area contributed by atoms with Gasteiger partial charge in [-0.25, -0.2) is 4.79 Å². The fourth-order valence-electron chi connectivity index (χ4n) is 6.90. The maximum atomic E-state index is 12.7. The molecule has 0 radical (unpaired) electrons. The summed E-state index contributed by atoms with van der Waals surface area (Å²) in [4.78, 5) is 12.7. The molecule has 6 N–H and O–H groups in total. The van der Waals surface area contributed by atoms with E-state index in [2.05, 4.69) is 0 Å². The molecule has 6 bridgehead atoms. The normalized spacial score (nSPS) is 51.3. The van der Waals surface area contributed by atoms with E-state index in [9.17, 15) is 35.4 Å². The average molecular weight is 496 g/mol. The summed E-state index contributed by atoms with van der Waals surface area (Å²) in [6, 6.07) is 5.54. The second-order valence-electron chi connectivity index (χ2n) is 10.4. The Labute approximate surface area is 199 Å². The van der Waals surface area contributed by atoms with Crippen molar-refractivity contribution in [3.63, 3.8) is 0 Å². The quantitative estimate of drug-likeness (QED) is 0.247. The Hall–Kier alpha value is -1.87. The fourth-order valence-corrected chi connectivity index (χ4v) is 6.90. The van der Waals surface area contributed by atoms with E-state index < -0.39 is 77.9 Å². The molecule has 0 spiro atoms. The highest BCUT2D eigenvalue weighted by Crippen LogP contribution is 2.81. The molecule has 12 heteroatoms. The van der Waals surface area contributed by atoms with Crippen LogP contribution in [-0.4, -0.2) is 104 Å². The van der Waals surface area contributed by atoms with Crippen LogP contribution in [0.2, 0.25) is 0 Å². The maximum Gasteiger partial charge on any atom is 0.338 e. The van der Waals surface area contributed by atoms with Gasteiger partial charge in [-0.2, -0.15) is 0 Å². The van der Waals surface area contributed by atoms with E-state index in [1.165, 1.54) is 24.3 Å². The van der Waals surface area contributed by atoms with Crippen LogP contribution in [0.5, 0.6) is 5.75 Å². The van der Waals surface area contributed by atoms with Gasteiger partial charge < -0.3 is 54.3 Å². The number of hydrogen-bond donors (Lipinski definition) is 6. The Morgan fingerprint density at radius 2 is 1.83 bits per heavy atom. The topological polar surface area (TPSA) is 185 Å². The molecule has 4 heterocycles. The molecule has 0 amide bonds. The van der Waals surface area contributed by atoms with E-state index in [0.29, 0.717) is 0 Å². The van der Waals surface area contributed by atoms with Gasteiger partial charge in [0.2, 0.25) is 0 Å². The number of carbonyl (C=O) groups excluding carboxylic acids is 1. The monoisotopic (exact) mass is 496 g/mol. The second kappa shape index (κ2) is 7.34. The van der Waals surface area contributed by atoms with Gasteiger partial charge in [0, 0.05) is 12.3 Å². The molecule has 1 aromatic rings. The van der Waals surface area contributed by atoms with E-state index in [1.807, 2.05) is 0 Å². The summed E-state index contributed by atoms with van der Waals surface area (Å²) in [6.45, 7) is 0.878. The first kappa shape index (κ1) is 23.5. The summed E-state index contributed by atoms with van der Waals surface area (Å²) in [5.41, 5.74) is -3.27. The lowest BCUT2D eigenvalue weighted by atomic mass is 9.41. The largest absolute Gasteiger partial charge is 0.508 e. The first-order valence-electron chi connectivity index (χ1n) is 11.5. The molecular weight excluding hydrogens is 468 g/mol. The molecule has 4 aliphatic heterocycles. The van der Waals surface area contributed by atoms with Gasteiger partial charge in [-0.15, -0.1) is 0 Å². The minimum absolute atomic E-state index is 0.00282. The first-order chi connectivity index (χ1) is 16.5. The van der Waals surface area contributed by atoms with Crippen molar-refractivity contribution in [2.45, 2.75) is 73.8 Å². The lowest BCUT2D eigenvalue weighted by Gasteiger charge is -2.67. The zero-order chi connectivity index (χ0) is 25.0. The first-order valence-corrected chi connectivity index (χ1v) is 11.5. The summed E-state index contributed by atoms with van der Waals surface area (Å²) in [6.07, 6.45) is -8.10. The zero-order valence-electron chi connectivity index (χ0n) is 18.8. The molecule has 11 atom stereocenters. The average Bonchev–Trinajstić information content (AvgIpc) is 3.00. The molecule has 1 aromatic carbocycles. The van der Waals surface area contributed by atoms with Crippen LogP contribution in [0.25, 0.3) is 0 Å². The van der Waals surface area contributed by atoms with Crippen molar-refractivity contribution in [2.24, 2.45) is 11.3 Å². The van der Waals surface area contributed by atoms with Crippen molar-refractivity contribution in [3.8, 4) is 5.75 Å². The van der Waals surface area contributed by atoms with Gasteiger partial charge in [0.25, 0.3) is 0 Å². The van der Waals surface area contributed by atoms with Gasteiger partial charge in [0.15, 0.2) is 18.4 Å². The number of phenols is 1. The van der Waals surface area contributed by atoms with Crippen LogP contribution in [0.1, 0.15) is 30.1 Å². The molecule has 7 fully saturated rings. The van der Waals surface area contributed by atoms with Crippen LogP contribution < -0.4 is 0 Å². The molecule has 3 saturated carbocycles. The zero-order valence-corrected chi connectivity index (χ0v) is 18.8. The van der Waals surface area contributed by atoms with Crippen molar-refractivity contribution in [1.82, 2.24) is 0 Å². The summed E-state index contributed by atoms with van der Waals surface area (Å²) >= 11 is 0. The summed E-state index contributed by atoms with van der Waals surface area (Å²) in [5.74, 6) is -2.68. The van der Waals surface area contributed by atoms with Crippen molar-refractivity contribution in [2.75, 3.05) is 13.2 Å². The highest BCUT2D eigenvalue weighted by molar-refractivity contribution is 5.89. The Balaban J connectivity index is 1.31. The number of benzene rings is 1. The van der Waals surface area contributed by atoms with Crippen LogP contribution in [-0.2, 0) is 23.7 Å². The Bertz CT molecular complexity index is 1030. The Kier molecular flexibility index (Phi) is 4.93. The van der Waals surface area contributed by atoms with E-state index in [4.69, 9.17) is 23.7 Å². The molecular formula is C23H28O12. The van der Waals surface area contributed by atoms with Crippen molar-refractivity contribution in [3.05, 3.63) is 29.8 Å². The third kappa shape index (κ3) is 2.80. The SMILES string of the molecule is C[C@@]12C[C@@]3(O)OC(O1)[C@]1(COC(=O)c4ccc(O)cc4)C3C[C@@]12OC1OC(CO)C(O)C(O)C1O. The van der Waals surface area contributed by atoms with Crippen LogP contribution >= 0.6 is 0 Å². The van der Waals surface area contributed by atoms with Gasteiger partial charge >= 0.3 is 5.97 Å². The van der Waals surface area contributed by atoms with Gasteiger partial charge in [0.1, 0.15) is 48.0 Å². The minimum Gasteiger partial charge on any atom is -0.508 e. The number of aliphatic hydroxyl groups is 5. The lowest BCUT2D eigenvalue weighted by molar-refractivity contribution is -0.424. The molecule has 35 heavy (non-hydrogen) atoms. The minimum atomic E-state index is -1.64. The number of rotatable bonds is 6. The molecule has 7 aliphatic rings. The predicted octanol–water partition coefficient (Wildman–Crippen LogP) is -1.65. The number of phenolic OH excluding ortho intramolecular Hbond substituents is 1. The molecule has 8 rings (SSSR count). The summed E-state index contributed by atoms with van der Waals surface area (Å²) < 4.78 is 29.6. The number of aliphatic hydroxyl groups excluding tert-OH is 4. The molecule has 192 valence electrons. The maximum absolute atomic E-state index is 12.7. The van der Waals surface area contributed by atoms with Crippen LogP contribution in [0, 0.1) is 11.3 Å². The summed E-state index contributed by atoms with van der Waals surface area (Å²) in [5, 5.41) is 61.2. The van der Waals surface area contributed by atoms with Crippen molar-refractivity contribution >= 4 is 5.97 Å². The highest BCUT2D eigenvalue weighted by atomic mass is 16.8. The number of aromatic hydroxyl groups is 1. The smallest absolute Gasteiger partial charge is 0.338 e. The van der Waals surface area contributed by atoms with E-state index >= 15 is 0 Å². The van der Waals surface area contributed by atoms with Gasteiger partial charge in [-0.3, -0.25) is 0 Å². The van der Waals surface area contributed by atoms with Gasteiger partial charge in [-0.1, -0.05) is 0 Å². The molecule has 7 unspecified atom stereocenters. The van der Waals surface area contributed by atoms with E-state index in [1.54, 1.807) is 6.92 Å². The van der Waals surface area contributed by atoms with Crippen LogP contribution in [0.15, 0.2) is 24.3 Å². The third-order valence-corrected chi connectivity index (χ3v) is 8.66. The molecule has 0 aromatic heterocycles. The van der Waals surface area contributed by atoms with Gasteiger partial charge in [0.05, 0.1) is 17.6 Å². The van der Waals surface area contributed by atoms with E-state index in [0.717, 1.165) is 0 Å². The molecule has 12 nitrogen and oxygen atoms in total. The predicted molar refractivity (Wildman–Crippen MR) is 110 cm³/mol. The highest BCUT2D eigenvalue weighted by Gasteiger charge is 2.94. The Morgan fingerprint density at radius 1 is 1.11 bits per heavy atom. The summed E-state index contributed by atoms with van der Waals surface area (Å²) in [7, 11) is 0. The fraction of sp³-hybridized carbons (Fsp3) is 0.696. The Morgan fingerprint density at radius 3 is 2.51 bits per heavy atom. The third-order valence-electron chi connectivity index (χ3n) is 8.66. The van der Waals surface area contributed by atoms with E-state index in [-0.39, 0.29) is 30.8 Å². The van der Waals surface area contributed by atoms with Crippen molar-refractivity contribution < 1.29 is 59.1 Å². The number of esters is 1. The molecule has 3 aliphatic carbocycles. The van der Waals surface area contributed by atoms with Crippen LogP contribution in [0.4, 0.5) is 0 Å². The van der Waals surface area contributed by atoms with Crippen molar-refractivity contribution in [1.29, 1.82) is 0 Å². The lowest BCUT2D eigenvalue weighted by Crippen LogP contribution is -2.80. The van der Waals surface area contributed by atoms with Crippen LogP contribution in [0.3, 0.4) is 0 Å². The number of carbonyl (C=O) groups is 1.